The summed E-state index contributed by atoms with van der Waals surface area (Å²) >= 11 is 0. The summed E-state index contributed by atoms with van der Waals surface area (Å²) in [7, 11) is 1.75. The number of nitrogens with zero attached hydrogens (tertiary/aromatic N) is 1. The van der Waals surface area contributed by atoms with Crippen molar-refractivity contribution in [1.29, 1.82) is 0 Å². The maximum atomic E-state index is 6.60. The Bertz CT molecular complexity index is 830. The molecule has 0 amide bonds. The van der Waals surface area contributed by atoms with Crippen LogP contribution in [0.15, 0.2) is 42.5 Å². The highest BCUT2D eigenvalue weighted by molar-refractivity contribution is 5.67. The monoisotopic (exact) mass is 378 g/mol. The van der Waals surface area contributed by atoms with Crippen LogP contribution in [0.1, 0.15) is 36.8 Å². The predicted octanol–water partition coefficient (Wildman–Crippen LogP) is 3.96. The van der Waals surface area contributed by atoms with E-state index in [0.29, 0.717) is 6.04 Å². The molecular weight excluding hydrogens is 348 g/mol. The van der Waals surface area contributed by atoms with Crippen LogP contribution in [-0.2, 0) is 12.8 Å². The lowest BCUT2D eigenvalue weighted by atomic mass is 9.93. The summed E-state index contributed by atoms with van der Waals surface area (Å²) in [5.74, 6) is 1.89. The molecule has 3 aliphatic rings. The first-order valence-electron chi connectivity index (χ1n) is 10.7. The average molecular weight is 379 g/mol. The van der Waals surface area contributed by atoms with Crippen molar-refractivity contribution >= 4 is 5.69 Å². The molecule has 1 saturated heterocycles. The van der Waals surface area contributed by atoms with Crippen LogP contribution in [0.5, 0.6) is 11.5 Å². The highest BCUT2D eigenvalue weighted by atomic mass is 16.5. The largest absolute Gasteiger partial charge is 0.493 e. The molecule has 2 heterocycles. The Hall–Kier alpha value is -2.20. The third-order valence-corrected chi connectivity index (χ3v) is 6.73. The molecule has 1 aliphatic carbocycles. The van der Waals surface area contributed by atoms with Crippen LogP contribution >= 0.6 is 0 Å². The van der Waals surface area contributed by atoms with E-state index < -0.39 is 0 Å². The van der Waals surface area contributed by atoms with Gasteiger partial charge in [0, 0.05) is 43.3 Å². The van der Waals surface area contributed by atoms with E-state index in [0.717, 1.165) is 44.0 Å². The molecule has 4 nitrogen and oxygen atoms in total. The van der Waals surface area contributed by atoms with Crippen molar-refractivity contribution < 1.29 is 9.47 Å². The standard InChI is InChI=1S/C24H30N2O2/c1-27-22-10-9-21(20-16-24(28-23(20)22)11-5-6-12-24)26-14-13-25-17-19(26)15-18-7-3-2-4-8-18/h2-4,7-10,19,25H,5-6,11-17H2,1H3/t19-/m0/s1. The van der Waals surface area contributed by atoms with E-state index in [4.69, 9.17) is 9.47 Å². The molecule has 148 valence electrons. The summed E-state index contributed by atoms with van der Waals surface area (Å²) in [4.78, 5) is 2.61. The van der Waals surface area contributed by atoms with E-state index in [1.807, 2.05) is 0 Å². The molecule has 4 heteroatoms. The van der Waals surface area contributed by atoms with Gasteiger partial charge >= 0.3 is 0 Å². The molecule has 0 radical (unpaired) electrons. The van der Waals surface area contributed by atoms with Gasteiger partial charge in [-0.1, -0.05) is 30.3 Å². The van der Waals surface area contributed by atoms with Crippen LogP contribution in [-0.4, -0.2) is 38.4 Å². The summed E-state index contributed by atoms with van der Waals surface area (Å²) in [6.45, 7) is 3.07. The fourth-order valence-corrected chi connectivity index (χ4v) is 5.33. The zero-order valence-electron chi connectivity index (χ0n) is 16.7. The number of fused-ring (bicyclic) bond motifs is 1. The van der Waals surface area contributed by atoms with E-state index in [2.05, 4.69) is 52.7 Å². The lowest BCUT2D eigenvalue weighted by Gasteiger charge is -2.39. The third kappa shape index (κ3) is 3.14. The fraction of sp³-hybridized carbons (Fsp3) is 0.500. The van der Waals surface area contributed by atoms with Crippen molar-refractivity contribution in [2.24, 2.45) is 0 Å². The van der Waals surface area contributed by atoms with Crippen molar-refractivity contribution in [3.63, 3.8) is 0 Å². The second-order valence-corrected chi connectivity index (χ2v) is 8.50. The number of benzene rings is 2. The normalized spacial score (nSPS) is 22.9. The van der Waals surface area contributed by atoms with Crippen LogP contribution < -0.4 is 19.7 Å². The molecule has 2 fully saturated rings. The first-order chi connectivity index (χ1) is 13.8. The smallest absolute Gasteiger partial charge is 0.167 e. The summed E-state index contributed by atoms with van der Waals surface area (Å²) in [6, 6.07) is 15.7. The second kappa shape index (κ2) is 7.32. The van der Waals surface area contributed by atoms with Gasteiger partial charge in [0.15, 0.2) is 11.5 Å². The van der Waals surface area contributed by atoms with E-state index in [-0.39, 0.29) is 5.60 Å². The molecule has 2 aromatic carbocycles. The number of methoxy groups -OCH3 is 1. The molecule has 1 spiro atoms. The molecule has 1 saturated carbocycles. The highest BCUT2D eigenvalue weighted by Gasteiger charge is 2.45. The second-order valence-electron chi connectivity index (χ2n) is 8.50. The first-order valence-corrected chi connectivity index (χ1v) is 10.7. The Morgan fingerprint density at radius 3 is 2.75 bits per heavy atom. The summed E-state index contributed by atoms with van der Waals surface area (Å²) in [5.41, 5.74) is 4.12. The number of hydrogen-bond acceptors (Lipinski definition) is 4. The van der Waals surface area contributed by atoms with Gasteiger partial charge in [0.1, 0.15) is 5.60 Å². The number of ether oxygens (including phenoxy) is 2. The van der Waals surface area contributed by atoms with Crippen molar-refractivity contribution in [2.75, 3.05) is 31.6 Å². The molecule has 0 aromatic heterocycles. The highest BCUT2D eigenvalue weighted by Crippen LogP contribution is 2.51. The Morgan fingerprint density at radius 2 is 1.96 bits per heavy atom. The number of anilines is 1. The maximum Gasteiger partial charge on any atom is 0.167 e. The zero-order chi connectivity index (χ0) is 19.0. The molecule has 5 rings (SSSR count). The van der Waals surface area contributed by atoms with Gasteiger partial charge in [-0.3, -0.25) is 0 Å². The van der Waals surface area contributed by atoms with Crippen molar-refractivity contribution in [3.8, 4) is 11.5 Å². The molecule has 1 atom stereocenters. The van der Waals surface area contributed by atoms with Crippen molar-refractivity contribution in [3.05, 3.63) is 53.6 Å². The molecule has 0 bridgehead atoms. The van der Waals surface area contributed by atoms with Gasteiger partial charge in [-0.05, 0) is 49.8 Å². The van der Waals surface area contributed by atoms with Gasteiger partial charge in [-0.15, -0.1) is 0 Å². The van der Waals surface area contributed by atoms with Crippen LogP contribution in [0.3, 0.4) is 0 Å². The molecule has 0 unspecified atom stereocenters. The van der Waals surface area contributed by atoms with Crippen LogP contribution in [0, 0.1) is 0 Å². The Balaban J connectivity index is 1.49. The van der Waals surface area contributed by atoms with Crippen LogP contribution in [0.2, 0.25) is 0 Å². The van der Waals surface area contributed by atoms with Crippen LogP contribution in [0.25, 0.3) is 0 Å². The molecule has 2 aliphatic heterocycles. The Morgan fingerprint density at radius 1 is 1.14 bits per heavy atom. The summed E-state index contributed by atoms with van der Waals surface area (Å²) in [6.07, 6.45) is 6.96. The van der Waals surface area contributed by atoms with Crippen molar-refractivity contribution in [2.45, 2.75) is 50.2 Å². The minimum absolute atomic E-state index is 0.00861. The van der Waals surface area contributed by atoms with Crippen molar-refractivity contribution in [1.82, 2.24) is 5.32 Å². The lowest BCUT2D eigenvalue weighted by molar-refractivity contribution is 0.0996. The maximum absolute atomic E-state index is 6.60. The summed E-state index contributed by atoms with van der Waals surface area (Å²) < 4.78 is 12.3. The predicted molar refractivity (Wildman–Crippen MR) is 113 cm³/mol. The Labute approximate surface area is 167 Å². The first kappa shape index (κ1) is 17.9. The summed E-state index contributed by atoms with van der Waals surface area (Å²) in [5, 5.41) is 3.60. The topological polar surface area (TPSA) is 33.7 Å². The Kier molecular flexibility index (Phi) is 4.67. The number of hydrogen-bond donors (Lipinski definition) is 1. The third-order valence-electron chi connectivity index (χ3n) is 6.73. The molecule has 1 N–H and O–H groups in total. The van der Waals surface area contributed by atoms with Gasteiger partial charge in [0.25, 0.3) is 0 Å². The van der Waals surface area contributed by atoms with E-state index in [1.165, 1.54) is 42.5 Å². The molecular formula is C24H30N2O2. The number of nitrogens with one attached hydrogen (secondary N) is 1. The quantitative estimate of drug-likeness (QED) is 0.873. The lowest BCUT2D eigenvalue weighted by Crippen LogP contribution is -2.52. The van der Waals surface area contributed by atoms with E-state index >= 15 is 0 Å². The molecule has 28 heavy (non-hydrogen) atoms. The fourth-order valence-electron chi connectivity index (χ4n) is 5.33. The average Bonchev–Trinajstić information content (AvgIpc) is 3.35. The van der Waals surface area contributed by atoms with Gasteiger partial charge in [0.2, 0.25) is 0 Å². The van der Waals surface area contributed by atoms with Crippen LogP contribution in [0.4, 0.5) is 5.69 Å². The SMILES string of the molecule is COc1ccc(N2CCNC[C@@H]2Cc2ccccc2)c2c1OC1(CCCC1)C2. The van der Waals surface area contributed by atoms with Gasteiger partial charge < -0.3 is 19.7 Å². The van der Waals surface area contributed by atoms with Gasteiger partial charge in [-0.25, -0.2) is 0 Å². The van der Waals surface area contributed by atoms with Gasteiger partial charge in [0.05, 0.1) is 7.11 Å². The van der Waals surface area contributed by atoms with Gasteiger partial charge in [-0.2, -0.15) is 0 Å². The van der Waals surface area contributed by atoms with E-state index in [1.54, 1.807) is 7.11 Å². The zero-order valence-corrected chi connectivity index (χ0v) is 16.7. The van der Waals surface area contributed by atoms with E-state index in [9.17, 15) is 0 Å². The minimum atomic E-state index is 0.00861. The number of rotatable bonds is 4. The number of piperazine rings is 1. The molecule has 2 aromatic rings. The minimum Gasteiger partial charge on any atom is -0.493 e.